The molecule has 0 radical (unpaired) electrons. The highest BCUT2D eigenvalue weighted by Crippen LogP contribution is 2.24. The molecule has 2 aromatic rings. The van der Waals surface area contributed by atoms with Crippen LogP contribution < -0.4 is 10.1 Å². The van der Waals surface area contributed by atoms with Gasteiger partial charge < -0.3 is 10.1 Å². The predicted molar refractivity (Wildman–Crippen MR) is 79.0 cm³/mol. The molecule has 0 aliphatic rings. The van der Waals surface area contributed by atoms with E-state index in [0.29, 0.717) is 5.15 Å². The molecule has 3 nitrogen and oxygen atoms in total. The Morgan fingerprint density at radius 2 is 2.11 bits per heavy atom. The van der Waals surface area contributed by atoms with E-state index in [-0.39, 0.29) is 6.04 Å². The van der Waals surface area contributed by atoms with E-state index in [4.69, 9.17) is 16.3 Å². The van der Waals surface area contributed by atoms with Gasteiger partial charge in [-0.1, -0.05) is 23.7 Å². The Bertz CT molecular complexity index is 572. The maximum absolute atomic E-state index is 5.92. The van der Waals surface area contributed by atoms with E-state index in [0.717, 1.165) is 22.6 Å². The number of methoxy groups -OCH3 is 1. The monoisotopic (exact) mass is 276 g/mol. The van der Waals surface area contributed by atoms with Gasteiger partial charge in [0.25, 0.3) is 0 Å². The number of benzene rings is 1. The summed E-state index contributed by atoms with van der Waals surface area (Å²) in [5, 5.41) is 3.94. The van der Waals surface area contributed by atoms with Crippen LogP contribution in [0.25, 0.3) is 0 Å². The van der Waals surface area contributed by atoms with Crippen LogP contribution in [0.5, 0.6) is 5.75 Å². The summed E-state index contributed by atoms with van der Waals surface area (Å²) in [6.07, 6.45) is 1.74. The summed E-state index contributed by atoms with van der Waals surface area (Å²) in [6, 6.07) is 10.2. The molecule has 100 valence electrons. The fourth-order valence-corrected chi connectivity index (χ4v) is 1.98. The number of pyridine rings is 1. The molecule has 0 amide bonds. The number of anilines is 1. The molecule has 0 aliphatic carbocycles. The molecule has 0 spiro atoms. The van der Waals surface area contributed by atoms with Gasteiger partial charge in [-0.3, -0.25) is 0 Å². The summed E-state index contributed by atoms with van der Waals surface area (Å²) in [7, 11) is 1.67. The van der Waals surface area contributed by atoms with Crippen molar-refractivity contribution in [2.75, 3.05) is 12.4 Å². The van der Waals surface area contributed by atoms with Gasteiger partial charge in [-0.2, -0.15) is 0 Å². The molecular formula is C15H17ClN2O. The zero-order valence-electron chi connectivity index (χ0n) is 11.3. The Morgan fingerprint density at radius 3 is 2.79 bits per heavy atom. The van der Waals surface area contributed by atoms with Crippen LogP contribution in [0.1, 0.15) is 24.1 Å². The number of hydrogen-bond acceptors (Lipinski definition) is 3. The van der Waals surface area contributed by atoms with Gasteiger partial charge in [0.15, 0.2) is 0 Å². The lowest BCUT2D eigenvalue weighted by molar-refractivity contribution is 0.414. The number of halogens is 1. The summed E-state index contributed by atoms with van der Waals surface area (Å²) in [4.78, 5) is 4.14. The molecule has 19 heavy (non-hydrogen) atoms. The average Bonchev–Trinajstić information content (AvgIpc) is 2.43. The summed E-state index contributed by atoms with van der Waals surface area (Å²) >= 11 is 5.92. The molecule has 1 aromatic carbocycles. The maximum Gasteiger partial charge on any atom is 0.132 e. The second kappa shape index (κ2) is 5.93. The number of nitrogens with zero attached hydrogens (tertiary/aromatic N) is 1. The first-order chi connectivity index (χ1) is 9.10. The fourth-order valence-electron chi connectivity index (χ4n) is 1.88. The number of nitrogens with one attached hydrogen (secondary N) is 1. The lowest BCUT2D eigenvalue weighted by Crippen LogP contribution is -2.07. The van der Waals surface area contributed by atoms with E-state index in [9.17, 15) is 0 Å². The van der Waals surface area contributed by atoms with Crippen molar-refractivity contribution in [1.29, 1.82) is 0 Å². The van der Waals surface area contributed by atoms with Gasteiger partial charge in [-0.25, -0.2) is 4.98 Å². The van der Waals surface area contributed by atoms with Crippen LogP contribution in [0.15, 0.2) is 36.5 Å². The normalized spacial score (nSPS) is 12.0. The molecule has 1 atom stereocenters. The highest BCUT2D eigenvalue weighted by molar-refractivity contribution is 6.30. The standard InChI is InChI=1S/C15H17ClN2O/c1-10-7-13(9-17-15(10)16)18-11(2)12-5-4-6-14(8-12)19-3/h4-9,11,18H,1-3H3. The first kappa shape index (κ1) is 13.7. The third-order valence-corrected chi connectivity index (χ3v) is 3.39. The number of ether oxygens (including phenoxy) is 1. The van der Waals surface area contributed by atoms with E-state index in [1.165, 1.54) is 0 Å². The minimum atomic E-state index is 0.164. The summed E-state index contributed by atoms with van der Waals surface area (Å²) in [6.45, 7) is 4.04. The minimum absolute atomic E-state index is 0.164. The third-order valence-electron chi connectivity index (χ3n) is 2.99. The molecule has 2 rings (SSSR count). The molecule has 0 bridgehead atoms. The van der Waals surface area contributed by atoms with Crippen molar-refractivity contribution in [1.82, 2.24) is 4.98 Å². The van der Waals surface area contributed by atoms with Gasteiger partial charge in [0, 0.05) is 6.04 Å². The number of rotatable bonds is 4. The average molecular weight is 277 g/mol. The van der Waals surface area contributed by atoms with Crippen LogP contribution in [0.3, 0.4) is 0 Å². The molecule has 0 saturated carbocycles. The van der Waals surface area contributed by atoms with E-state index in [1.807, 2.05) is 31.2 Å². The SMILES string of the molecule is COc1cccc(C(C)Nc2cnc(Cl)c(C)c2)c1. The third kappa shape index (κ3) is 3.38. The van der Waals surface area contributed by atoms with E-state index < -0.39 is 0 Å². The molecule has 1 heterocycles. The zero-order valence-corrected chi connectivity index (χ0v) is 12.0. The summed E-state index contributed by atoms with van der Waals surface area (Å²) < 4.78 is 5.23. The number of hydrogen-bond donors (Lipinski definition) is 1. The topological polar surface area (TPSA) is 34.1 Å². The first-order valence-electron chi connectivity index (χ1n) is 6.13. The van der Waals surface area contributed by atoms with Crippen molar-refractivity contribution in [3.05, 3.63) is 52.8 Å². The van der Waals surface area contributed by atoms with Crippen molar-refractivity contribution >= 4 is 17.3 Å². The lowest BCUT2D eigenvalue weighted by Gasteiger charge is -2.16. The number of aryl methyl sites for hydroxylation is 1. The Hall–Kier alpha value is -1.74. The van der Waals surface area contributed by atoms with E-state index >= 15 is 0 Å². The zero-order chi connectivity index (χ0) is 13.8. The van der Waals surface area contributed by atoms with Crippen molar-refractivity contribution in [3.63, 3.8) is 0 Å². The van der Waals surface area contributed by atoms with Gasteiger partial charge in [0.05, 0.1) is 19.0 Å². The van der Waals surface area contributed by atoms with Crippen LogP contribution in [-0.4, -0.2) is 12.1 Å². The Kier molecular flexibility index (Phi) is 4.27. The number of aromatic nitrogens is 1. The smallest absolute Gasteiger partial charge is 0.132 e. The molecule has 0 fully saturated rings. The second-order valence-electron chi connectivity index (χ2n) is 4.47. The molecule has 0 saturated heterocycles. The summed E-state index contributed by atoms with van der Waals surface area (Å²) in [5.41, 5.74) is 3.08. The molecule has 1 unspecified atom stereocenters. The van der Waals surface area contributed by atoms with Crippen LogP contribution >= 0.6 is 11.6 Å². The Labute approximate surface area is 118 Å². The Balaban J connectivity index is 2.15. The first-order valence-corrected chi connectivity index (χ1v) is 6.50. The van der Waals surface area contributed by atoms with Crippen LogP contribution in [0.2, 0.25) is 5.15 Å². The van der Waals surface area contributed by atoms with Crippen molar-refractivity contribution in [3.8, 4) is 5.75 Å². The highest BCUT2D eigenvalue weighted by atomic mass is 35.5. The van der Waals surface area contributed by atoms with E-state index in [2.05, 4.69) is 23.3 Å². The van der Waals surface area contributed by atoms with Crippen LogP contribution in [0, 0.1) is 6.92 Å². The minimum Gasteiger partial charge on any atom is -0.497 e. The Morgan fingerprint density at radius 1 is 1.32 bits per heavy atom. The largest absolute Gasteiger partial charge is 0.497 e. The van der Waals surface area contributed by atoms with Crippen molar-refractivity contribution < 1.29 is 4.74 Å². The fraction of sp³-hybridized carbons (Fsp3) is 0.267. The van der Waals surface area contributed by atoms with Crippen molar-refractivity contribution in [2.45, 2.75) is 19.9 Å². The molecular weight excluding hydrogens is 260 g/mol. The predicted octanol–water partition coefficient (Wildman–Crippen LogP) is 4.23. The van der Waals surface area contributed by atoms with Gasteiger partial charge in [0.1, 0.15) is 10.9 Å². The molecule has 0 aliphatic heterocycles. The second-order valence-corrected chi connectivity index (χ2v) is 4.83. The maximum atomic E-state index is 5.92. The van der Waals surface area contributed by atoms with Gasteiger partial charge in [-0.05, 0) is 43.2 Å². The van der Waals surface area contributed by atoms with Crippen LogP contribution in [0.4, 0.5) is 5.69 Å². The van der Waals surface area contributed by atoms with Gasteiger partial charge in [0.2, 0.25) is 0 Å². The quantitative estimate of drug-likeness (QED) is 0.849. The highest BCUT2D eigenvalue weighted by Gasteiger charge is 2.07. The van der Waals surface area contributed by atoms with E-state index in [1.54, 1.807) is 13.3 Å². The molecule has 1 N–H and O–H groups in total. The van der Waals surface area contributed by atoms with Crippen LogP contribution in [-0.2, 0) is 0 Å². The van der Waals surface area contributed by atoms with Crippen molar-refractivity contribution in [2.24, 2.45) is 0 Å². The molecule has 1 aromatic heterocycles. The summed E-state index contributed by atoms with van der Waals surface area (Å²) in [5.74, 6) is 0.858. The van der Waals surface area contributed by atoms with Gasteiger partial charge >= 0.3 is 0 Å². The van der Waals surface area contributed by atoms with Gasteiger partial charge in [-0.15, -0.1) is 0 Å². The molecule has 4 heteroatoms. The lowest BCUT2D eigenvalue weighted by atomic mass is 10.1.